The number of nitrogens with zero attached hydrogens (tertiary/aromatic N) is 1. The molecule has 0 spiro atoms. The molecule has 1 aliphatic heterocycles. The number of anilines is 2. The Bertz CT molecular complexity index is 921. The molecular formula is C23H27N3O5. The van der Waals surface area contributed by atoms with E-state index in [1.165, 1.54) is 25.0 Å². The number of para-hydroxylation sites is 1. The third-order valence-electron chi connectivity index (χ3n) is 5.16. The number of rotatable bonds is 8. The van der Waals surface area contributed by atoms with Gasteiger partial charge >= 0.3 is 5.97 Å². The summed E-state index contributed by atoms with van der Waals surface area (Å²) < 4.78 is 10.2. The fraction of sp³-hybridized carbons (Fsp3) is 0.348. The predicted octanol–water partition coefficient (Wildman–Crippen LogP) is 2.58. The summed E-state index contributed by atoms with van der Waals surface area (Å²) in [6, 6.07) is 13.9. The minimum atomic E-state index is -0.732. The largest absolute Gasteiger partial charge is 0.481 e. The first-order chi connectivity index (χ1) is 14.9. The molecule has 0 bridgehead atoms. The highest BCUT2D eigenvalue weighted by Gasteiger charge is 2.16. The van der Waals surface area contributed by atoms with Crippen LogP contribution in [0.4, 0.5) is 11.4 Å². The van der Waals surface area contributed by atoms with E-state index in [1.54, 1.807) is 12.1 Å². The standard InChI is InChI=1S/C23H27N3O5/c1-16-10-12-26(13-11-16)18-8-6-17(7-9-18)25-21(27)14-31-22(28)15-30-20-5-3-2-4-19(20)23(24)29/h2-9,16H,10-15H2,1H3,(H2,24,29)(H,25,27). The summed E-state index contributed by atoms with van der Waals surface area (Å²) in [5.41, 5.74) is 7.18. The molecule has 1 saturated heterocycles. The van der Waals surface area contributed by atoms with Crippen molar-refractivity contribution in [1.82, 2.24) is 0 Å². The van der Waals surface area contributed by atoms with Crippen LogP contribution in [0.3, 0.4) is 0 Å². The fourth-order valence-corrected chi connectivity index (χ4v) is 3.34. The highest BCUT2D eigenvalue weighted by Crippen LogP contribution is 2.24. The molecule has 3 rings (SSSR count). The summed E-state index contributed by atoms with van der Waals surface area (Å²) in [4.78, 5) is 37.6. The normalized spacial score (nSPS) is 14.0. The number of carbonyl (C=O) groups excluding carboxylic acids is 3. The summed E-state index contributed by atoms with van der Waals surface area (Å²) in [5.74, 6) is -0.904. The van der Waals surface area contributed by atoms with Crippen LogP contribution in [0.1, 0.15) is 30.1 Å². The molecule has 0 radical (unpaired) electrons. The first-order valence-corrected chi connectivity index (χ1v) is 10.2. The van der Waals surface area contributed by atoms with Gasteiger partial charge in [-0.05, 0) is 55.2 Å². The lowest BCUT2D eigenvalue weighted by atomic mass is 9.99. The molecule has 31 heavy (non-hydrogen) atoms. The number of benzene rings is 2. The van der Waals surface area contributed by atoms with E-state index < -0.39 is 31.0 Å². The third-order valence-corrected chi connectivity index (χ3v) is 5.16. The SMILES string of the molecule is CC1CCN(c2ccc(NC(=O)COC(=O)COc3ccccc3C(N)=O)cc2)CC1. The molecule has 8 nitrogen and oxygen atoms in total. The van der Waals surface area contributed by atoms with Gasteiger partial charge in [0.15, 0.2) is 13.2 Å². The van der Waals surface area contributed by atoms with E-state index in [2.05, 4.69) is 17.1 Å². The lowest BCUT2D eigenvalue weighted by molar-refractivity contribution is -0.149. The van der Waals surface area contributed by atoms with Gasteiger partial charge in [0.05, 0.1) is 5.56 Å². The zero-order valence-corrected chi connectivity index (χ0v) is 17.5. The molecular weight excluding hydrogens is 398 g/mol. The van der Waals surface area contributed by atoms with Crippen molar-refractivity contribution in [3.63, 3.8) is 0 Å². The maximum atomic E-state index is 12.1. The molecule has 0 aliphatic carbocycles. The molecule has 164 valence electrons. The van der Waals surface area contributed by atoms with Crippen LogP contribution in [0.25, 0.3) is 0 Å². The predicted molar refractivity (Wildman–Crippen MR) is 117 cm³/mol. The Morgan fingerprint density at radius 2 is 1.71 bits per heavy atom. The van der Waals surface area contributed by atoms with Gasteiger partial charge in [0.25, 0.3) is 11.8 Å². The first-order valence-electron chi connectivity index (χ1n) is 10.2. The molecule has 1 heterocycles. The van der Waals surface area contributed by atoms with Gasteiger partial charge in [0.1, 0.15) is 5.75 Å². The van der Waals surface area contributed by atoms with Crippen LogP contribution in [0.5, 0.6) is 5.75 Å². The van der Waals surface area contributed by atoms with Crippen LogP contribution in [0.2, 0.25) is 0 Å². The molecule has 0 unspecified atom stereocenters. The van der Waals surface area contributed by atoms with E-state index in [9.17, 15) is 14.4 Å². The second-order valence-corrected chi connectivity index (χ2v) is 7.57. The minimum absolute atomic E-state index is 0.163. The Morgan fingerprint density at radius 1 is 1.03 bits per heavy atom. The van der Waals surface area contributed by atoms with Gasteiger partial charge in [-0.3, -0.25) is 9.59 Å². The maximum Gasteiger partial charge on any atom is 0.344 e. The van der Waals surface area contributed by atoms with Gasteiger partial charge in [-0.2, -0.15) is 0 Å². The molecule has 0 aromatic heterocycles. The van der Waals surface area contributed by atoms with Crippen LogP contribution < -0.4 is 20.7 Å². The summed E-state index contributed by atoms with van der Waals surface area (Å²) in [5, 5.41) is 2.70. The van der Waals surface area contributed by atoms with E-state index >= 15 is 0 Å². The van der Waals surface area contributed by atoms with E-state index in [1.807, 2.05) is 24.3 Å². The lowest BCUT2D eigenvalue weighted by Crippen LogP contribution is -2.32. The van der Waals surface area contributed by atoms with E-state index in [0.29, 0.717) is 5.69 Å². The number of nitrogens with one attached hydrogen (secondary N) is 1. The fourth-order valence-electron chi connectivity index (χ4n) is 3.34. The van der Waals surface area contributed by atoms with Crippen molar-refractivity contribution in [1.29, 1.82) is 0 Å². The Hall–Kier alpha value is -3.55. The Balaban J connectivity index is 1.41. The number of hydrogen-bond donors (Lipinski definition) is 2. The van der Waals surface area contributed by atoms with Gasteiger partial charge in [0, 0.05) is 24.5 Å². The van der Waals surface area contributed by atoms with Crippen molar-refractivity contribution in [3.05, 3.63) is 54.1 Å². The first kappa shape index (κ1) is 22.1. The summed E-state index contributed by atoms with van der Waals surface area (Å²) in [6.45, 7) is 3.46. The Labute approximate surface area is 181 Å². The van der Waals surface area contributed by atoms with Gasteiger partial charge in [-0.25, -0.2) is 4.79 Å². The number of carbonyl (C=O) groups is 3. The van der Waals surface area contributed by atoms with Crippen LogP contribution in [-0.4, -0.2) is 44.1 Å². The molecule has 8 heteroatoms. The maximum absolute atomic E-state index is 12.1. The van der Waals surface area contributed by atoms with Crippen molar-refractivity contribution in [2.45, 2.75) is 19.8 Å². The van der Waals surface area contributed by atoms with Gasteiger partial charge in [-0.1, -0.05) is 19.1 Å². The smallest absolute Gasteiger partial charge is 0.344 e. The molecule has 2 aromatic rings. The van der Waals surface area contributed by atoms with Gasteiger partial charge < -0.3 is 25.4 Å². The minimum Gasteiger partial charge on any atom is -0.481 e. The average Bonchev–Trinajstić information content (AvgIpc) is 2.77. The van der Waals surface area contributed by atoms with Crippen molar-refractivity contribution < 1.29 is 23.9 Å². The summed E-state index contributed by atoms with van der Waals surface area (Å²) >= 11 is 0. The highest BCUT2D eigenvalue weighted by atomic mass is 16.6. The molecule has 0 saturated carbocycles. The summed E-state index contributed by atoms with van der Waals surface area (Å²) in [7, 11) is 0. The number of amides is 2. The zero-order valence-electron chi connectivity index (χ0n) is 17.5. The van der Waals surface area contributed by atoms with Crippen molar-refractivity contribution in [2.75, 3.05) is 36.5 Å². The molecule has 2 amide bonds. The highest BCUT2D eigenvalue weighted by molar-refractivity contribution is 5.95. The Kier molecular flexibility index (Phi) is 7.48. The number of piperidine rings is 1. The number of nitrogens with two attached hydrogens (primary N) is 1. The van der Waals surface area contributed by atoms with Crippen molar-refractivity contribution in [2.24, 2.45) is 11.7 Å². The van der Waals surface area contributed by atoms with Crippen LogP contribution in [0, 0.1) is 5.92 Å². The molecule has 2 aromatic carbocycles. The molecule has 1 fully saturated rings. The van der Waals surface area contributed by atoms with Crippen molar-refractivity contribution in [3.8, 4) is 5.75 Å². The van der Waals surface area contributed by atoms with Crippen LogP contribution in [0.15, 0.2) is 48.5 Å². The average molecular weight is 425 g/mol. The van der Waals surface area contributed by atoms with Crippen molar-refractivity contribution >= 4 is 29.2 Å². The molecule has 1 aliphatic rings. The van der Waals surface area contributed by atoms with Crippen LogP contribution in [-0.2, 0) is 14.3 Å². The topological polar surface area (TPSA) is 111 Å². The zero-order chi connectivity index (χ0) is 22.2. The number of ether oxygens (including phenoxy) is 2. The second kappa shape index (κ2) is 10.5. The molecule has 3 N–H and O–H groups in total. The number of hydrogen-bond acceptors (Lipinski definition) is 6. The van der Waals surface area contributed by atoms with E-state index in [-0.39, 0.29) is 11.3 Å². The van der Waals surface area contributed by atoms with Crippen LogP contribution >= 0.6 is 0 Å². The second-order valence-electron chi connectivity index (χ2n) is 7.57. The summed E-state index contributed by atoms with van der Waals surface area (Å²) in [6.07, 6.45) is 2.36. The monoisotopic (exact) mass is 425 g/mol. The van der Waals surface area contributed by atoms with E-state index in [4.69, 9.17) is 15.2 Å². The lowest BCUT2D eigenvalue weighted by Gasteiger charge is -2.32. The number of esters is 1. The van der Waals surface area contributed by atoms with Gasteiger partial charge in [-0.15, -0.1) is 0 Å². The van der Waals surface area contributed by atoms with Gasteiger partial charge in [0.2, 0.25) is 0 Å². The Morgan fingerprint density at radius 3 is 2.39 bits per heavy atom. The van der Waals surface area contributed by atoms with E-state index in [0.717, 1.165) is 24.7 Å². The third kappa shape index (κ3) is 6.47. The number of primary amides is 1. The quantitative estimate of drug-likeness (QED) is 0.629. The molecule has 0 atom stereocenters.